The van der Waals surface area contributed by atoms with E-state index < -0.39 is 16.2 Å². The van der Waals surface area contributed by atoms with Gasteiger partial charge in [-0.25, -0.2) is 4.79 Å². The quantitative estimate of drug-likeness (QED) is 0.660. The van der Waals surface area contributed by atoms with Crippen molar-refractivity contribution >= 4 is 16.2 Å². The molecule has 8 heteroatoms. The molecule has 2 aromatic rings. The topological polar surface area (TPSA) is 113 Å². The first-order valence-electron chi connectivity index (χ1n) is 7.82. The predicted molar refractivity (Wildman–Crippen MR) is 98.3 cm³/mol. The van der Waals surface area contributed by atoms with E-state index in [9.17, 15) is 18.3 Å². The Balaban J connectivity index is 0.000000597. The van der Waals surface area contributed by atoms with Gasteiger partial charge in [-0.15, -0.1) is 0 Å². The summed E-state index contributed by atoms with van der Waals surface area (Å²) in [7, 11) is -3.67. The van der Waals surface area contributed by atoms with Crippen molar-refractivity contribution in [1.29, 1.82) is 0 Å². The van der Waals surface area contributed by atoms with Gasteiger partial charge in [0.05, 0.1) is 18.9 Å². The SMILES string of the molecule is CS(=O)(=O)O.O=C(N[C@H](CO)Cc1ccccc1)OCc1ccccc1. The van der Waals surface area contributed by atoms with Crippen molar-refractivity contribution in [3.63, 3.8) is 0 Å². The van der Waals surface area contributed by atoms with Crippen LogP contribution in [0.1, 0.15) is 11.1 Å². The minimum Gasteiger partial charge on any atom is -0.445 e. The average molecular weight is 381 g/mol. The molecule has 0 spiro atoms. The molecule has 0 unspecified atom stereocenters. The van der Waals surface area contributed by atoms with Gasteiger partial charge >= 0.3 is 6.09 Å². The van der Waals surface area contributed by atoms with Gasteiger partial charge in [0.2, 0.25) is 0 Å². The highest BCUT2D eigenvalue weighted by atomic mass is 32.2. The van der Waals surface area contributed by atoms with Crippen molar-refractivity contribution in [2.45, 2.75) is 19.1 Å². The van der Waals surface area contributed by atoms with Gasteiger partial charge in [0.25, 0.3) is 10.1 Å². The van der Waals surface area contributed by atoms with Crippen LogP contribution in [-0.2, 0) is 27.9 Å². The molecule has 0 aromatic heterocycles. The molecule has 0 aliphatic heterocycles. The molecule has 142 valence electrons. The van der Waals surface area contributed by atoms with Crippen LogP contribution in [0.15, 0.2) is 60.7 Å². The summed E-state index contributed by atoms with van der Waals surface area (Å²) in [5.41, 5.74) is 1.98. The highest BCUT2D eigenvalue weighted by molar-refractivity contribution is 7.85. The molecule has 1 amide bonds. The summed E-state index contributed by atoms with van der Waals surface area (Å²) in [6.07, 6.45) is 0.763. The van der Waals surface area contributed by atoms with Crippen molar-refractivity contribution < 1.29 is 27.6 Å². The van der Waals surface area contributed by atoms with Gasteiger partial charge in [0.1, 0.15) is 6.61 Å². The Morgan fingerprint density at radius 2 is 1.50 bits per heavy atom. The molecular formula is C18H23NO6S. The third-order valence-corrected chi connectivity index (χ3v) is 3.08. The fourth-order valence-electron chi connectivity index (χ4n) is 1.99. The Kier molecular flexibility index (Phi) is 9.35. The van der Waals surface area contributed by atoms with Gasteiger partial charge in [0, 0.05) is 0 Å². The Labute approximate surface area is 153 Å². The number of amides is 1. The predicted octanol–water partition coefficient (Wildman–Crippen LogP) is 2.02. The number of aliphatic hydroxyl groups is 1. The van der Waals surface area contributed by atoms with Gasteiger partial charge in [-0.05, 0) is 17.5 Å². The van der Waals surface area contributed by atoms with Crippen molar-refractivity contribution in [2.24, 2.45) is 0 Å². The fourth-order valence-corrected chi connectivity index (χ4v) is 1.99. The van der Waals surface area contributed by atoms with Crippen LogP contribution >= 0.6 is 0 Å². The summed E-state index contributed by atoms with van der Waals surface area (Å²) in [6.45, 7) is 0.0888. The zero-order chi connectivity index (χ0) is 19.4. The molecule has 0 bridgehead atoms. The van der Waals surface area contributed by atoms with Crippen molar-refractivity contribution in [2.75, 3.05) is 12.9 Å². The standard InChI is InChI=1S/C17H19NO3.CH4O3S/c19-12-16(11-14-7-3-1-4-8-14)18-17(20)21-13-15-9-5-2-6-10-15;1-5(2,3)4/h1-10,16,19H,11-13H2,(H,18,20);1H3,(H,2,3,4)/t16-;/m0./s1. The number of carbonyl (C=O) groups excluding carboxylic acids is 1. The minimum atomic E-state index is -3.67. The third kappa shape index (κ3) is 11.2. The largest absolute Gasteiger partial charge is 0.445 e. The van der Waals surface area contributed by atoms with Crippen LogP contribution in [0.3, 0.4) is 0 Å². The van der Waals surface area contributed by atoms with E-state index in [2.05, 4.69) is 5.32 Å². The molecule has 3 N–H and O–H groups in total. The molecule has 26 heavy (non-hydrogen) atoms. The third-order valence-electron chi connectivity index (χ3n) is 3.08. The number of aliphatic hydroxyl groups excluding tert-OH is 1. The number of nitrogens with one attached hydrogen (secondary N) is 1. The van der Waals surface area contributed by atoms with Crippen molar-refractivity contribution in [3.05, 3.63) is 71.8 Å². The van der Waals surface area contributed by atoms with Crippen LogP contribution in [0.4, 0.5) is 4.79 Å². The summed E-state index contributed by atoms with van der Waals surface area (Å²) >= 11 is 0. The number of hydrogen-bond acceptors (Lipinski definition) is 5. The van der Waals surface area contributed by atoms with E-state index in [1.54, 1.807) is 0 Å². The molecular weight excluding hydrogens is 358 g/mol. The first-order chi connectivity index (χ1) is 12.3. The summed E-state index contributed by atoms with van der Waals surface area (Å²) in [5, 5.41) is 12.0. The van der Waals surface area contributed by atoms with E-state index in [0.29, 0.717) is 12.7 Å². The molecule has 0 saturated carbocycles. The lowest BCUT2D eigenvalue weighted by atomic mass is 10.1. The first kappa shape index (κ1) is 21.6. The second-order valence-corrected chi connectivity index (χ2v) is 6.97. The van der Waals surface area contributed by atoms with Crippen LogP contribution in [0, 0.1) is 0 Å². The molecule has 0 saturated heterocycles. The Hall–Kier alpha value is -2.42. The van der Waals surface area contributed by atoms with Crippen molar-refractivity contribution in [3.8, 4) is 0 Å². The summed E-state index contributed by atoms with van der Waals surface area (Å²) < 4.78 is 31.0. The van der Waals surface area contributed by atoms with E-state index in [0.717, 1.165) is 11.1 Å². The Morgan fingerprint density at radius 3 is 1.96 bits per heavy atom. The number of alkyl carbamates (subject to hydrolysis) is 1. The first-order valence-corrected chi connectivity index (χ1v) is 9.67. The molecule has 0 aliphatic rings. The Bertz CT molecular complexity index is 742. The normalized spacial score (nSPS) is 11.7. The summed E-state index contributed by atoms with van der Waals surface area (Å²) in [6, 6.07) is 18.8. The van der Waals surface area contributed by atoms with Gasteiger partial charge in [-0.3, -0.25) is 4.55 Å². The van der Waals surface area contributed by atoms with E-state index in [4.69, 9.17) is 9.29 Å². The molecule has 1 atom stereocenters. The van der Waals surface area contributed by atoms with E-state index in [-0.39, 0.29) is 19.3 Å². The number of hydrogen-bond donors (Lipinski definition) is 3. The fraction of sp³-hybridized carbons (Fsp3) is 0.278. The number of carbonyl (C=O) groups is 1. The molecule has 2 rings (SSSR count). The van der Waals surface area contributed by atoms with Crippen molar-refractivity contribution in [1.82, 2.24) is 5.32 Å². The number of benzene rings is 2. The summed E-state index contributed by atoms with van der Waals surface area (Å²) in [4.78, 5) is 11.7. The van der Waals surface area contributed by atoms with Gasteiger partial charge in [-0.2, -0.15) is 8.42 Å². The average Bonchev–Trinajstić information content (AvgIpc) is 2.60. The van der Waals surface area contributed by atoms with Crippen LogP contribution in [0.5, 0.6) is 0 Å². The monoisotopic (exact) mass is 381 g/mol. The Morgan fingerprint density at radius 1 is 1.04 bits per heavy atom. The number of rotatable bonds is 6. The van der Waals surface area contributed by atoms with E-state index in [1.807, 2.05) is 60.7 Å². The number of ether oxygens (including phenoxy) is 1. The van der Waals surface area contributed by atoms with Gasteiger partial charge < -0.3 is 15.2 Å². The maximum Gasteiger partial charge on any atom is 0.407 e. The second kappa shape index (κ2) is 11.2. The van der Waals surface area contributed by atoms with Crippen LogP contribution in [0.2, 0.25) is 0 Å². The lowest BCUT2D eigenvalue weighted by Gasteiger charge is -2.16. The van der Waals surface area contributed by atoms with Gasteiger partial charge in [0.15, 0.2) is 0 Å². The highest BCUT2D eigenvalue weighted by Crippen LogP contribution is 2.04. The highest BCUT2D eigenvalue weighted by Gasteiger charge is 2.12. The zero-order valence-electron chi connectivity index (χ0n) is 14.4. The van der Waals surface area contributed by atoms with E-state index in [1.165, 1.54) is 0 Å². The van der Waals surface area contributed by atoms with Crippen LogP contribution < -0.4 is 5.32 Å². The molecule has 2 aromatic carbocycles. The second-order valence-electron chi connectivity index (χ2n) is 5.51. The minimum absolute atomic E-state index is 0.130. The lowest BCUT2D eigenvalue weighted by Crippen LogP contribution is -2.39. The zero-order valence-corrected chi connectivity index (χ0v) is 15.2. The van der Waals surface area contributed by atoms with Crippen LogP contribution in [0.25, 0.3) is 0 Å². The smallest absolute Gasteiger partial charge is 0.407 e. The van der Waals surface area contributed by atoms with Crippen LogP contribution in [-0.4, -0.2) is 43.1 Å². The molecule has 0 aliphatic carbocycles. The van der Waals surface area contributed by atoms with Gasteiger partial charge in [-0.1, -0.05) is 60.7 Å². The lowest BCUT2D eigenvalue weighted by molar-refractivity contribution is 0.129. The maximum absolute atomic E-state index is 11.7. The molecule has 0 heterocycles. The molecule has 0 radical (unpaired) electrons. The summed E-state index contributed by atoms with van der Waals surface area (Å²) in [5.74, 6) is 0. The molecule has 7 nitrogen and oxygen atoms in total. The van der Waals surface area contributed by atoms with E-state index >= 15 is 0 Å². The molecule has 0 fully saturated rings. The maximum atomic E-state index is 11.7.